The van der Waals surface area contributed by atoms with Gasteiger partial charge in [0.05, 0.1) is 13.2 Å². The van der Waals surface area contributed by atoms with Crippen molar-refractivity contribution in [3.63, 3.8) is 0 Å². The molecule has 1 saturated heterocycles. The zero-order valence-electron chi connectivity index (χ0n) is 15.2. The van der Waals surface area contributed by atoms with E-state index < -0.39 is 0 Å². The molecule has 6 rings (SSSR count). The van der Waals surface area contributed by atoms with Gasteiger partial charge in [-0.05, 0) is 86.3 Å². The molecule has 1 aromatic rings. The van der Waals surface area contributed by atoms with E-state index in [1.54, 1.807) is 7.11 Å². The summed E-state index contributed by atoms with van der Waals surface area (Å²) >= 11 is 0. The molecule has 1 heterocycles. The van der Waals surface area contributed by atoms with E-state index in [4.69, 9.17) is 4.74 Å². The highest BCUT2D eigenvalue weighted by Crippen LogP contribution is 2.57. The maximum Gasteiger partial charge on any atom is 0.226 e. The third kappa shape index (κ3) is 2.58. The van der Waals surface area contributed by atoms with Crippen molar-refractivity contribution in [2.24, 2.45) is 29.6 Å². The maximum atomic E-state index is 13.6. The van der Waals surface area contributed by atoms with Gasteiger partial charge in [0.15, 0.2) is 0 Å². The first kappa shape index (κ1) is 15.7. The Morgan fingerprint density at radius 3 is 2.48 bits per heavy atom. The van der Waals surface area contributed by atoms with Crippen molar-refractivity contribution in [1.29, 1.82) is 0 Å². The standard InChI is InChI=1S/C22H29NO2/c1-25-19-5-2-4-16(13-19)20-6-3-7-23(20)22(24)21-17-9-14-8-15(11-17)12-18(21)10-14/h2,4-5,13-15,17-18,20-21H,3,6-12H2,1H3. The van der Waals surface area contributed by atoms with E-state index in [2.05, 4.69) is 23.1 Å². The Balaban J connectivity index is 1.39. The summed E-state index contributed by atoms with van der Waals surface area (Å²) < 4.78 is 5.40. The van der Waals surface area contributed by atoms with Crippen LogP contribution >= 0.6 is 0 Å². The first-order valence-electron chi connectivity index (χ1n) is 10.2. The summed E-state index contributed by atoms with van der Waals surface area (Å²) in [6, 6.07) is 8.57. The lowest BCUT2D eigenvalue weighted by atomic mass is 9.51. The lowest BCUT2D eigenvalue weighted by molar-refractivity contribution is -0.150. The monoisotopic (exact) mass is 339 g/mol. The molecular weight excluding hydrogens is 310 g/mol. The van der Waals surface area contributed by atoms with Gasteiger partial charge in [-0.2, -0.15) is 0 Å². The summed E-state index contributed by atoms with van der Waals surface area (Å²) in [6.07, 6.45) is 8.95. The largest absolute Gasteiger partial charge is 0.497 e. The van der Waals surface area contributed by atoms with Crippen molar-refractivity contribution in [3.8, 4) is 5.75 Å². The van der Waals surface area contributed by atoms with Crippen LogP contribution in [0.2, 0.25) is 0 Å². The van der Waals surface area contributed by atoms with E-state index in [0.29, 0.717) is 23.7 Å². The fourth-order valence-electron chi connectivity index (χ4n) is 6.75. The minimum Gasteiger partial charge on any atom is -0.497 e. The van der Waals surface area contributed by atoms with Crippen LogP contribution in [0.25, 0.3) is 0 Å². The number of benzene rings is 1. The smallest absolute Gasteiger partial charge is 0.226 e. The van der Waals surface area contributed by atoms with Crippen LogP contribution < -0.4 is 4.74 Å². The summed E-state index contributed by atoms with van der Waals surface area (Å²) in [5.74, 6) is 4.90. The minimum atomic E-state index is 0.250. The molecule has 0 N–H and O–H groups in total. The highest BCUT2D eigenvalue weighted by molar-refractivity contribution is 5.80. The molecule has 25 heavy (non-hydrogen) atoms. The van der Waals surface area contributed by atoms with Gasteiger partial charge in [0.25, 0.3) is 0 Å². The molecule has 0 radical (unpaired) electrons. The van der Waals surface area contributed by atoms with Crippen molar-refractivity contribution in [3.05, 3.63) is 29.8 Å². The van der Waals surface area contributed by atoms with Gasteiger partial charge in [0, 0.05) is 12.5 Å². The van der Waals surface area contributed by atoms with Crippen molar-refractivity contribution in [2.45, 2.75) is 51.0 Å². The van der Waals surface area contributed by atoms with Gasteiger partial charge in [0.1, 0.15) is 5.75 Å². The van der Waals surface area contributed by atoms with E-state index >= 15 is 0 Å². The van der Waals surface area contributed by atoms with Crippen molar-refractivity contribution >= 4 is 5.91 Å². The number of ether oxygens (including phenoxy) is 1. The number of carbonyl (C=O) groups excluding carboxylic acids is 1. The van der Waals surface area contributed by atoms with Gasteiger partial charge < -0.3 is 9.64 Å². The lowest BCUT2D eigenvalue weighted by Gasteiger charge is -2.54. The van der Waals surface area contributed by atoms with Crippen LogP contribution in [0.4, 0.5) is 0 Å². The Hall–Kier alpha value is -1.51. The average Bonchev–Trinajstić information content (AvgIpc) is 3.10. The topological polar surface area (TPSA) is 29.5 Å². The Bertz CT molecular complexity index is 642. The van der Waals surface area contributed by atoms with Crippen LogP contribution in [-0.4, -0.2) is 24.5 Å². The number of nitrogens with zero attached hydrogens (tertiary/aromatic N) is 1. The second-order valence-corrected chi connectivity index (χ2v) is 8.92. The summed E-state index contributed by atoms with van der Waals surface area (Å²) in [6.45, 7) is 0.934. The molecule has 5 aliphatic rings. The minimum absolute atomic E-state index is 0.250. The van der Waals surface area contributed by atoms with E-state index in [0.717, 1.165) is 37.0 Å². The maximum absolute atomic E-state index is 13.6. The van der Waals surface area contributed by atoms with Crippen LogP contribution in [0.3, 0.4) is 0 Å². The summed E-state index contributed by atoms with van der Waals surface area (Å²) in [4.78, 5) is 15.8. The first-order chi connectivity index (χ1) is 12.2. The number of methoxy groups -OCH3 is 1. The highest BCUT2D eigenvalue weighted by atomic mass is 16.5. The SMILES string of the molecule is COc1cccc(C2CCCN2C(=O)C2C3CC4CC(C3)CC2C4)c1. The van der Waals surface area contributed by atoms with Crippen molar-refractivity contribution in [1.82, 2.24) is 4.90 Å². The van der Waals surface area contributed by atoms with Crippen LogP contribution in [0, 0.1) is 29.6 Å². The number of carbonyl (C=O) groups is 1. The molecule has 5 fully saturated rings. The average molecular weight is 339 g/mol. The molecule has 1 atom stereocenters. The number of hydrogen-bond acceptors (Lipinski definition) is 2. The van der Waals surface area contributed by atoms with E-state index in [1.165, 1.54) is 37.7 Å². The van der Waals surface area contributed by atoms with Gasteiger partial charge >= 0.3 is 0 Å². The number of amides is 1. The molecule has 134 valence electrons. The Kier molecular flexibility index (Phi) is 3.79. The van der Waals surface area contributed by atoms with Gasteiger partial charge in [-0.1, -0.05) is 12.1 Å². The van der Waals surface area contributed by atoms with Gasteiger partial charge in [-0.15, -0.1) is 0 Å². The van der Waals surface area contributed by atoms with Gasteiger partial charge in [-0.3, -0.25) is 4.79 Å². The summed E-state index contributed by atoms with van der Waals surface area (Å²) in [5, 5.41) is 0. The van der Waals surface area contributed by atoms with Crippen LogP contribution in [0.15, 0.2) is 24.3 Å². The van der Waals surface area contributed by atoms with E-state index in [1.807, 2.05) is 6.07 Å². The Morgan fingerprint density at radius 1 is 1.08 bits per heavy atom. The molecule has 4 aliphatic carbocycles. The second kappa shape index (κ2) is 6.03. The first-order valence-corrected chi connectivity index (χ1v) is 10.2. The fourth-order valence-corrected chi connectivity index (χ4v) is 6.75. The molecule has 0 aromatic heterocycles. The van der Waals surface area contributed by atoms with Gasteiger partial charge in [-0.25, -0.2) is 0 Å². The Labute approximate surface area is 150 Å². The van der Waals surface area contributed by atoms with E-state index in [-0.39, 0.29) is 6.04 Å². The number of rotatable bonds is 3. The predicted molar refractivity (Wildman–Crippen MR) is 97.2 cm³/mol. The lowest BCUT2D eigenvalue weighted by Crippen LogP contribution is -2.51. The zero-order chi connectivity index (χ0) is 17.0. The summed E-state index contributed by atoms with van der Waals surface area (Å²) in [5.41, 5.74) is 1.24. The predicted octanol–water partition coefficient (Wildman–Crippen LogP) is 4.43. The van der Waals surface area contributed by atoms with E-state index in [9.17, 15) is 4.79 Å². The third-order valence-electron chi connectivity index (χ3n) is 7.53. The zero-order valence-corrected chi connectivity index (χ0v) is 15.2. The van der Waals surface area contributed by atoms with Gasteiger partial charge in [0.2, 0.25) is 5.91 Å². The summed E-state index contributed by atoms with van der Waals surface area (Å²) in [7, 11) is 1.71. The quantitative estimate of drug-likeness (QED) is 0.815. The van der Waals surface area contributed by atoms with Crippen LogP contribution in [-0.2, 0) is 4.79 Å². The molecule has 1 unspecified atom stereocenters. The van der Waals surface area contributed by atoms with Crippen molar-refractivity contribution in [2.75, 3.05) is 13.7 Å². The molecule has 4 saturated carbocycles. The molecule has 0 spiro atoms. The molecule has 1 aromatic carbocycles. The van der Waals surface area contributed by atoms with Crippen LogP contribution in [0.5, 0.6) is 5.75 Å². The van der Waals surface area contributed by atoms with Crippen LogP contribution in [0.1, 0.15) is 56.6 Å². The number of likely N-dealkylation sites (tertiary alicyclic amines) is 1. The molecule has 3 heteroatoms. The molecule has 1 amide bonds. The second-order valence-electron chi connectivity index (χ2n) is 8.92. The molecular formula is C22H29NO2. The Morgan fingerprint density at radius 2 is 1.80 bits per heavy atom. The number of hydrogen-bond donors (Lipinski definition) is 0. The normalized spacial score (nSPS) is 39.0. The molecule has 3 nitrogen and oxygen atoms in total. The fraction of sp³-hybridized carbons (Fsp3) is 0.682. The molecule has 4 bridgehead atoms. The third-order valence-corrected chi connectivity index (χ3v) is 7.53. The van der Waals surface area contributed by atoms with Crippen molar-refractivity contribution < 1.29 is 9.53 Å². The molecule has 1 aliphatic heterocycles. The highest BCUT2D eigenvalue weighted by Gasteiger charge is 2.52.